The third kappa shape index (κ3) is 13.1. The minimum atomic E-state index is 1.19. The predicted octanol–water partition coefficient (Wildman–Crippen LogP) is 39.1. The second-order valence-corrected chi connectivity index (χ2v) is 41.9. The second-order valence-electron chi connectivity index (χ2n) is 35.5. The first-order chi connectivity index (χ1) is 67.9. The van der Waals surface area contributed by atoms with Crippen molar-refractivity contribution < 1.29 is 0 Å². The van der Waals surface area contributed by atoms with Crippen molar-refractivity contribution in [2.45, 2.75) is 0 Å². The summed E-state index contributed by atoms with van der Waals surface area (Å²) < 4.78 is 23.4. The highest BCUT2D eigenvalue weighted by Gasteiger charge is 2.25. The molecule has 0 amide bonds. The first-order valence-corrected chi connectivity index (χ1v) is 51.4. The van der Waals surface area contributed by atoms with Crippen LogP contribution in [0.25, 0.3) is 271 Å². The first kappa shape index (κ1) is 79.6. The number of hydrogen-bond donors (Lipinski definition) is 0. The molecule has 0 atom stereocenters. The molecule has 137 heavy (non-hydrogen) atoms. The van der Waals surface area contributed by atoms with Crippen LogP contribution < -0.4 is 0 Å². The van der Waals surface area contributed by atoms with Crippen LogP contribution in [0.4, 0.5) is 0 Å². The number of nitrogens with zero attached hydrogens (tertiary/aromatic N) is 3. The Morgan fingerprint density at radius 2 is 0.453 bits per heavy atom. The van der Waals surface area contributed by atoms with Gasteiger partial charge in [0.1, 0.15) is 0 Å². The van der Waals surface area contributed by atoms with Crippen molar-refractivity contribution in [1.29, 1.82) is 0 Å². The van der Waals surface area contributed by atoms with Crippen molar-refractivity contribution in [2.75, 3.05) is 0 Å². The van der Waals surface area contributed by atoms with Gasteiger partial charge in [-0.15, -0.1) is 68.0 Å². The van der Waals surface area contributed by atoms with Gasteiger partial charge in [0, 0.05) is 124 Å². The molecule has 9 heteroatoms. The molecule has 0 fully saturated rings. The highest BCUT2D eigenvalue weighted by Crippen LogP contribution is 2.52. The van der Waals surface area contributed by atoms with Gasteiger partial charge < -0.3 is 13.7 Å². The average Bonchev–Trinajstić information content (AvgIpc) is 1.57. The Morgan fingerprint density at radius 1 is 0.139 bits per heavy atom. The van der Waals surface area contributed by atoms with Crippen LogP contribution in [0.1, 0.15) is 0 Å². The van der Waals surface area contributed by atoms with Crippen LogP contribution >= 0.6 is 68.0 Å². The summed E-state index contributed by atoms with van der Waals surface area (Å²) in [5.74, 6) is 0. The summed E-state index contributed by atoms with van der Waals surface area (Å²) in [6, 6.07) is 171. The van der Waals surface area contributed by atoms with Crippen molar-refractivity contribution in [3.8, 4) is 95.0 Å². The molecule has 0 unspecified atom stereocenters. The Kier molecular flexibility index (Phi) is 18.9. The van der Waals surface area contributed by atoms with Gasteiger partial charge in [0.25, 0.3) is 0 Å². The molecule has 0 bridgehead atoms. The van der Waals surface area contributed by atoms with E-state index in [1.807, 2.05) is 68.0 Å². The number of fused-ring (bicyclic) bond motifs is 28. The molecule has 9 aromatic heterocycles. The lowest BCUT2D eigenvalue weighted by atomic mass is 9.95. The van der Waals surface area contributed by atoms with Crippen molar-refractivity contribution in [2.24, 2.45) is 0 Å². The molecule has 30 rings (SSSR count). The Hall–Kier alpha value is -15.9. The van der Waals surface area contributed by atoms with E-state index >= 15 is 0 Å². The molecule has 0 spiro atoms. The van der Waals surface area contributed by atoms with Gasteiger partial charge in [-0.2, -0.15) is 0 Å². The summed E-state index contributed by atoms with van der Waals surface area (Å²) in [5, 5.41) is 21.2. The quantitative estimate of drug-likeness (QED) is 0.130. The number of rotatable bonds is 10. The first-order valence-electron chi connectivity index (χ1n) is 46.5. The number of thiophene rings is 6. The highest BCUT2D eigenvalue weighted by atomic mass is 32.1. The summed E-state index contributed by atoms with van der Waals surface area (Å²) in [7, 11) is 0. The molecule has 640 valence electrons. The normalized spacial score (nSPS) is 11.9. The summed E-state index contributed by atoms with van der Waals surface area (Å²) in [5.41, 5.74) is 28.8. The molecule has 30 aromatic rings. The molecule has 21 aromatic carbocycles. The van der Waals surface area contributed by atoms with Crippen molar-refractivity contribution in [3.63, 3.8) is 0 Å². The van der Waals surface area contributed by atoms with Gasteiger partial charge in [-0.1, -0.05) is 358 Å². The number of benzene rings is 21. The van der Waals surface area contributed by atoms with Gasteiger partial charge in [0.2, 0.25) is 0 Å². The molecular weight excluding hydrogens is 1770 g/mol. The van der Waals surface area contributed by atoms with E-state index in [0.717, 1.165) is 0 Å². The summed E-state index contributed by atoms with van der Waals surface area (Å²) in [4.78, 5) is 0. The minimum absolute atomic E-state index is 1.19. The largest absolute Gasteiger partial charge is 0.308 e. The lowest BCUT2D eigenvalue weighted by molar-refractivity contribution is 1.19. The molecule has 0 radical (unpaired) electrons. The van der Waals surface area contributed by atoms with E-state index < -0.39 is 0 Å². The topological polar surface area (TPSA) is 14.8 Å². The zero-order chi connectivity index (χ0) is 89.9. The molecule has 9 heterocycles. The van der Waals surface area contributed by atoms with Crippen LogP contribution in [0.3, 0.4) is 0 Å². The second kappa shape index (κ2) is 32.4. The number of aromatic nitrogens is 3. The Bertz CT molecular complexity index is 10100. The van der Waals surface area contributed by atoms with Crippen molar-refractivity contribution >= 4 is 244 Å². The van der Waals surface area contributed by atoms with Crippen LogP contribution in [-0.2, 0) is 0 Å². The van der Waals surface area contributed by atoms with Crippen molar-refractivity contribution in [1.82, 2.24) is 13.7 Å². The molecule has 0 aliphatic carbocycles. The molecule has 0 saturated carbocycles. The van der Waals surface area contributed by atoms with Gasteiger partial charge in [-0.05, 0) is 209 Å². The van der Waals surface area contributed by atoms with E-state index in [4.69, 9.17) is 0 Å². The molecule has 3 nitrogen and oxygen atoms in total. The standard InChI is InChI=1S/C44H27NS2.2C42H25NS2/c1-3-11-29(12-4-1)34-17-9-18-36-41-33(16-10-20-40(41)47-43(34)36)30-23-21-28(22-24-30)31-25-26-39-37(27-31)42-44(46-39)35-15-7-8-19-38(35)45(42)32-13-5-2-6-14-32;1-2-10-30(11-3-1)43-36-15-7-6-13-33(36)42-40(43)35-25-29(22-24-37(35)44-42)26-17-19-28(20-18-26)31-14-8-16-38-39(31)34-23-21-27-9-4-5-12-32(27)41(34)45-38;1-2-9-31(10-3-1)43-36-13-7-6-12-33(36)42-41(43)35-22-19-30(25-39(35)45-42)27-16-14-26(15-17-27)29-18-21-34-38(24-29)44-37-23-20-28-8-4-5-11-32(28)40(34)37/h1-27H;2*1-25H. The van der Waals surface area contributed by atoms with Crippen LogP contribution in [0.2, 0.25) is 0 Å². The van der Waals surface area contributed by atoms with E-state index in [1.165, 1.54) is 271 Å². The third-order valence-corrected chi connectivity index (χ3v) is 34.9. The number of hydrogen-bond acceptors (Lipinski definition) is 6. The maximum absolute atomic E-state index is 2.44. The van der Waals surface area contributed by atoms with Crippen LogP contribution in [-0.4, -0.2) is 13.7 Å². The molecular formula is C128H77N3S6. The van der Waals surface area contributed by atoms with Gasteiger partial charge in [0.15, 0.2) is 0 Å². The summed E-state index contributed by atoms with van der Waals surface area (Å²) in [6.07, 6.45) is 0. The van der Waals surface area contributed by atoms with E-state index in [2.05, 4.69) is 481 Å². The fourth-order valence-corrected chi connectivity index (χ4v) is 28.8. The zero-order valence-electron chi connectivity index (χ0n) is 73.7. The minimum Gasteiger partial charge on any atom is -0.308 e. The third-order valence-electron chi connectivity index (χ3n) is 27.8. The zero-order valence-corrected chi connectivity index (χ0v) is 78.6. The van der Waals surface area contributed by atoms with Gasteiger partial charge in [0.05, 0.1) is 47.2 Å². The smallest absolute Gasteiger partial charge is 0.0727 e. The monoisotopic (exact) mass is 1850 g/mol. The molecule has 0 aliphatic heterocycles. The SMILES string of the molecule is c1ccc(-c2cccc3c2sc2cccc(-c4ccc(-c5ccc6sc7c8ccccc8n(-c8ccccc8)c7c6c5)cc4)c23)cc1.c1ccc(-n2c3ccccc3c3sc4cc(-c5ccc(-c6ccc7c(c6)sc6ccc8ccccc8c67)cc5)ccc4c32)cc1.c1ccc(-n2c3ccccc3c3sc4ccc(-c5ccc(-c6cccc7sc8c9ccccc9ccc8c67)cc5)cc4c32)cc1. The van der Waals surface area contributed by atoms with E-state index in [1.54, 1.807) is 0 Å². The molecule has 0 N–H and O–H groups in total. The average molecular weight is 1850 g/mol. The lowest BCUT2D eigenvalue weighted by Crippen LogP contribution is -1.92. The van der Waals surface area contributed by atoms with E-state index in [9.17, 15) is 0 Å². The Labute approximate surface area is 812 Å². The maximum Gasteiger partial charge on any atom is 0.0727 e. The van der Waals surface area contributed by atoms with Gasteiger partial charge >= 0.3 is 0 Å². The fraction of sp³-hybridized carbons (Fsp3) is 0. The summed E-state index contributed by atoms with van der Waals surface area (Å²) >= 11 is 11.4. The number of para-hydroxylation sites is 6. The molecule has 0 aliphatic rings. The Morgan fingerprint density at radius 3 is 0.956 bits per heavy atom. The van der Waals surface area contributed by atoms with Crippen LogP contribution in [0.5, 0.6) is 0 Å². The summed E-state index contributed by atoms with van der Waals surface area (Å²) in [6.45, 7) is 0. The van der Waals surface area contributed by atoms with Crippen LogP contribution in [0, 0.1) is 0 Å². The van der Waals surface area contributed by atoms with Gasteiger partial charge in [-0.25, -0.2) is 0 Å². The van der Waals surface area contributed by atoms with Gasteiger partial charge in [-0.3, -0.25) is 0 Å². The van der Waals surface area contributed by atoms with E-state index in [0.29, 0.717) is 0 Å². The predicted molar refractivity (Wildman–Crippen MR) is 600 cm³/mol. The van der Waals surface area contributed by atoms with Crippen molar-refractivity contribution in [3.05, 3.63) is 467 Å². The van der Waals surface area contributed by atoms with E-state index in [-0.39, 0.29) is 0 Å². The fourth-order valence-electron chi connectivity index (χ4n) is 21.5. The van der Waals surface area contributed by atoms with Crippen LogP contribution in [0.15, 0.2) is 467 Å². The molecule has 0 saturated heterocycles. The Balaban J connectivity index is 0.000000102. The lowest BCUT2D eigenvalue weighted by Gasteiger charge is -2.09. The maximum atomic E-state index is 2.44. The highest BCUT2D eigenvalue weighted by molar-refractivity contribution is 7.29.